The standard InChI is InChI=1S/C11H20N2O3/c1-3-7(2)9(12)10(14)13-6-4-5-8(13)11(15)16/h7-9H,3-6,12H2,1-2H3,(H,15,16)/t7-,8-,9+/m0/s1. The minimum atomic E-state index is -0.929. The number of aliphatic carboxylic acids is 1. The minimum absolute atomic E-state index is 0.0857. The Morgan fingerprint density at radius 2 is 2.19 bits per heavy atom. The normalized spacial score (nSPS) is 24.2. The van der Waals surface area contributed by atoms with E-state index in [0.29, 0.717) is 13.0 Å². The van der Waals surface area contributed by atoms with Crippen molar-refractivity contribution in [3.8, 4) is 0 Å². The maximum atomic E-state index is 12.0. The van der Waals surface area contributed by atoms with Crippen molar-refractivity contribution in [2.45, 2.75) is 45.2 Å². The van der Waals surface area contributed by atoms with Gasteiger partial charge in [0.1, 0.15) is 6.04 Å². The van der Waals surface area contributed by atoms with Crippen molar-refractivity contribution in [2.75, 3.05) is 6.54 Å². The smallest absolute Gasteiger partial charge is 0.326 e. The molecule has 0 radical (unpaired) electrons. The number of carboxylic acid groups (broad SMARTS) is 1. The van der Waals surface area contributed by atoms with E-state index in [2.05, 4.69) is 0 Å². The monoisotopic (exact) mass is 228 g/mol. The SMILES string of the molecule is CC[C@H](C)[C@@H](N)C(=O)N1CCC[C@H]1C(=O)O. The second-order valence-corrected chi connectivity index (χ2v) is 4.44. The van der Waals surface area contributed by atoms with Crippen molar-refractivity contribution >= 4 is 11.9 Å². The van der Waals surface area contributed by atoms with E-state index in [0.717, 1.165) is 12.8 Å². The van der Waals surface area contributed by atoms with Crippen LogP contribution in [0.1, 0.15) is 33.1 Å². The van der Waals surface area contributed by atoms with Gasteiger partial charge in [0.25, 0.3) is 0 Å². The predicted molar refractivity (Wildman–Crippen MR) is 59.8 cm³/mol. The molecule has 1 aliphatic heterocycles. The number of amides is 1. The highest BCUT2D eigenvalue weighted by Crippen LogP contribution is 2.20. The van der Waals surface area contributed by atoms with E-state index in [1.807, 2.05) is 13.8 Å². The van der Waals surface area contributed by atoms with Crippen molar-refractivity contribution in [3.63, 3.8) is 0 Å². The molecular formula is C11H20N2O3. The molecule has 5 nitrogen and oxygen atoms in total. The molecule has 0 aromatic carbocycles. The topological polar surface area (TPSA) is 83.6 Å². The lowest BCUT2D eigenvalue weighted by Crippen LogP contribution is -2.50. The van der Waals surface area contributed by atoms with Crippen LogP contribution in [0.25, 0.3) is 0 Å². The molecule has 0 aliphatic carbocycles. The maximum absolute atomic E-state index is 12.0. The van der Waals surface area contributed by atoms with E-state index in [9.17, 15) is 9.59 Å². The van der Waals surface area contributed by atoms with Crippen LogP contribution in [-0.2, 0) is 9.59 Å². The van der Waals surface area contributed by atoms with E-state index in [1.54, 1.807) is 0 Å². The molecule has 0 unspecified atom stereocenters. The first-order valence-electron chi connectivity index (χ1n) is 5.77. The summed E-state index contributed by atoms with van der Waals surface area (Å²) in [6.45, 7) is 4.39. The average molecular weight is 228 g/mol. The molecule has 0 saturated carbocycles. The second-order valence-electron chi connectivity index (χ2n) is 4.44. The molecule has 0 aromatic rings. The van der Waals surface area contributed by atoms with Gasteiger partial charge in [0.2, 0.25) is 5.91 Å². The summed E-state index contributed by atoms with van der Waals surface area (Å²) < 4.78 is 0. The lowest BCUT2D eigenvalue weighted by Gasteiger charge is -2.27. The van der Waals surface area contributed by atoms with Crippen LogP contribution in [0.4, 0.5) is 0 Å². The van der Waals surface area contributed by atoms with Crippen molar-refractivity contribution in [3.05, 3.63) is 0 Å². The molecule has 1 fully saturated rings. The summed E-state index contributed by atoms with van der Waals surface area (Å²) in [6, 6.07) is -1.26. The van der Waals surface area contributed by atoms with Gasteiger partial charge in [-0.1, -0.05) is 20.3 Å². The molecule has 1 saturated heterocycles. The van der Waals surface area contributed by atoms with Gasteiger partial charge in [-0.2, -0.15) is 0 Å². The van der Waals surface area contributed by atoms with Gasteiger partial charge in [0.15, 0.2) is 0 Å². The molecule has 0 bridgehead atoms. The number of carboxylic acids is 1. The van der Waals surface area contributed by atoms with E-state index in [-0.39, 0.29) is 11.8 Å². The fourth-order valence-corrected chi connectivity index (χ4v) is 1.98. The molecule has 1 amide bonds. The third-order valence-electron chi connectivity index (χ3n) is 3.36. The Morgan fingerprint density at radius 1 is 1.56 bits per heavy atom. The molecule has 0 aromatic heterocycles. The van der Waals surface area contributed by atoms with Crippen LogP contribution in [0.2, 0.25) is 0 Å². The van der Waals surface area contributed by atoms with E-state index in [4.69, 9.17) is 10.8 Å². The van der Waals surface area contributed by atoms with Crippen LogP contribution >= 0.6 is 0 Å². The number of nitrogens with zero attached hydrogens (tertiary/aromatic N) is 1. The predicted octanol–water partition coefficient (Wildman–Crippen LogP) is 0.435. The summed E-state index contributed by atoms with van der Waals surface area (Å²) in [7, 11) is 0. The number of likely N-dealkylation sites (tertiary alicyclic amines) is 1. The van der Waals surface area contributed by atoms with Gasteiger partial charge < -0.3 is 15.7 Å². The minimum Gasteiger partial charge on any atom is -0.480 e. The summed E-state index contributed by atoms with van der Waals surface area (Å²) in [5.41, 5.74) is 5.83. The molecule has 16 heavy (non-hydrogen) atoms. The maximum Gasteiger partial charge on any atom is 0.326 e. The lowest BCUT2D eigenvalue weighted by molar-refractivity contribution is -0.149. The van der Waals surface area contributed by atoms with Crippen LogP contribution in [-0.4, -0.2) is 40.5 Å². The number of carbonyl (C=O) groups is 2. The van der Waals surface area contributed by atoms with Crippen LogP contribution in [0.5, 0.6) is 0 Å². The zero-order valence-electron chi connectivity index (χ0n) is 9.85. The first-order valence-corrected chi connectivity index (χ1v) is 5.77. The fourth-order valence-electron chi connectivity index (χ4n) is 1.98. The van der Waals surface area contributed by atoms with Gasteiger partial charge in [-0.15, -0.1) is 0 Å². The zero-order valence-corrected chi connectivity index (χ0v) is 9.85. The zero-order chi connectivity index (χ0) is 12.3. The molecule has 1 heterocycles. The van der Waals surface area contributed by atoms with Gasteiger partial charge in [-0.25, -0.2) is 4.79 Å². The molecular weight excluding hydrogens is 208 g/mol. The van der Waals surface area contributed by atoms with Crippen molar-refractivity contribution in [1.82, 2.24) is 4.90 Å². The highest BCUT2D eigenvalue weighted by Gasteiger charge is 2.36. The van der Waals surface area contributed by atoms with Gasteiger partial charge in [-0.3, -0.25) is 4.79 Å². The highest BCUT2D eigenvalue weighted by atomic mass is 16.4. The molecule has 3 N–H and O–H groups in total. The highest BCUT2D eigenvalue weighted by molar-refractivity contribution is 5.87. The summed E-state index contributed by atoms with van der Waals surface area (Å²) in [6.07, 6.45) is 2.10. The van der Waals surface area contributed by atoms with Crippen LogP contribution < -0.4 is 5.73 Å². The van der Waals surface area contributed by atoms with E-state index >= 15 is 0 Å². The van der Waals surface area contributed by atoms with Crippen LogP contribution in [0.3, 0.4) is 0 Å². The number of hydrogen-bond donors (Lipinski definition) is 2. The van der Waals surface area contributed by atoms with Gasteiger partial charge in [-0.05, 0) is 18.8 Å². The summed E-state index contributed by atoms with van der Waals surface area (Å²) in [5.74, 6) is -1.07. The van der Waals surface area contributed by atoms with Gasteiger partial charge >= 0.3 is 5.97 Å². The first-order chi connectivity index (χ1) is 7.49. The van der Waals surface area contributed by atoms with Gasteiger partial charge in [0.05, 0.1) is 6.04 Å². The third kappa shape index (κ3) is 2.52. The van der Waals surface area contributed by atoms with Crippen LogP contribution in [0.15, 0.2) is 0 Å². The largest absolute Gasteiger partial charge is 0.480 e. The Kier molecular flexibility index (Phi) is 4.29. The average Bonchev–Trinajstić information content (AvgIpc) is 2.74. The lowest BCUT2D eigenvalue weighted by atomic mass is 9.98. The Morgan fingerprint density at radius 3 is 2.69 bits per heavy atom. The quantitative estimate of drug-likeness (QED) is 0.731. The Labute approximate surface area is 95.6 Å². The first kappa shape index (κ1) is 13.0. The second kappa shape index (κ2) is 5.30. The Hall–Kier alpha value is -1.10. The number of hydrogen-bond acceptors (Lipinski definition) is 3. The third-order valence-corrected chi connectivity index (χ3v) is 3.36. The number of rotatable bonds is 4. The Balaban J connectivity index is 2.69. The summed E-state index contributed by atoms with van der Waals surface area (Å²) >= 11 is 0. The molecule has 5 heteroatoms. The van der Waals surface area contributed by atoms with Crippen molar-refractivity contribution in [1.29, 1.82) is 0 Å². The molecule has 3 atom stereocenters. The van der Waals surface area contributed by atoms with E-state index in [1.165, 1.54) is 4.90 Å². The molecule has 0 spiro atoms. The number of carbonyl (C=O) groups excluding carboxylic acids is 1. The molecule has 1 aliphatic rings. The number of nitrogens with two attached hydrogens (primary N) is 1. The molecule has 1 rings (SSSR count). The van der Waals surface area contributed by atoms with Gasteiger partial charge in [0, 0.05) is 6.54 Å². The van der Waals surface area contributed by atoms with Crippen LogP contribution in [0, 0.1) is 5.92 Å². The Bertz CT molecular complexity index is 280. The summed E-state index contributed by atoms with van der Waals surface area (Å²) in [4.78, 5) is 24.4. The molecule has 92 valence electrons. The fraction of sp³-hybridized carbons (Fsp3) is 0.818. The van der Waals surface area contributed by atoms with Crippen molar-refractivity contribution < 1.29 is 14.7 Å². The summed E-state index contributed by atoms with van der Waals surface area (Å²) in [5, 5.41) is 8.98. The van der Waals surface area contributed by atoms with Crippen molar-refractivity contribution in [2.24, 2.45) is 11.7 Å². The van der Waals surface area contributed by atoms with E-state index < -0.39 is 18.1 Å².